The van der Waals surface area contributed by atoms with Crippen LogP contribution < -0.4 is 5.32 Å². The minimum Gasteiger partial charge on any atom is -0.296 e. The summed E-state index contributed by atoms with van der Waals surface area (Å²) in [7, 11) is 0. The van der Waals surface area contributed by atoms with E-state index in [2.05, 4.69) is 34.3 Å². The van der Waals surface area contributed by atoms with Gasteiger partial charge in [-0.15, -0.1) is 33.3 Å². The van der Waals surface area contributed by atoms with Crippen molar-refractivity contribution < 1.29 is 4.79 Å². The fourth-order valence-corrected chi connectivity index (χ4v) is 4.28. The largest absolute Gasteiger partial charge is 0.296 e. The first-order chi connectivity index (χ1) is 11.6. The van der Waals surface area contributed by atoms with E-state index in [9.17, 15) is 4.79 Å². The molecule has 3 aromatic rings. The smallest absolute Gasteiger partial charge is 0.258 e. The summed E-state index contributed by atoms with van der Waals surface area (Å²) in [6, 6.07) is 7.57. The molecule has 0 aliphatic carbocycles. The maximum absolute atomic E-state index is 12.6. The molecule has 0 aliphatic heterocycles. The molecule has 24 heavy (non-hydrogen) atoms. The molecule has 1 amide bonds. The highest BCUT2D eigenvalue weighted by Crippen LogP contribution is 2.28. The number of nitrogens with one attached hydrogen (secondary N) is 1. The molecule has 5 nitrogen and oxygen atoms in total. The standard InChI is InChI=1S/C16H16N4OS3/c1-10(2)15-19-20-16(24-15)18-14(21)12-5-3-4-6-13(12)23-8-11-7-22-9-17-11/h3-7,9-10H,8H2,1-2H3,(H,18,20,21). The highest BCUT2D eigenvalue weighted by molar-refractivity contribution is 7.98. The molecule has 124 valence electrons. The van der Waals surface area contributed by atoms with E-state index in [0.717, 1.165) is 21.3 Å². The Kier molecular flexibility index (Phi) is 5.60. The third-order valence-corrected chi connectivity index (χ3v) is 6.03. The Bertz CT molecular complexity index is 814. The minimum atomic E-state index is -0.164. The third kappa shape index (κ3) is 4.19. The van der Waals surface area contributed by atoms with Crippen LogP contribution in [-0.2, 0) is 5.75 Å². The Morgan fingerprint density at radius 3 is 2.83 bits per heavy atom. The molecule has 0 radical (unpaired) electrons. The molecule has 0 bridgehead atoms. The number of thioether (sulfide) groups is 1. The van der Waals surface area contributed by atoms with E-state index < -0.39 is 0 Å². The van der Waals surface area contributed by atoms with Crippen LogP contribution in [0, 0.1) is 0 Å². The lowest BCUT2D eigenvalue weighted by Crippen LogP contribution is -2.12. The molecule has 0 saturated heterocycles. The van der Waals surface area contributed by atoms with Gasteiger partial charge in [-0.2, -0.15) is 0 Å². The Labute approximate surface area is 152 Å². The minimum absolute atomic E-state index is 0.164. The second-order valence-electron chi connectivity index (χ2n) is 5.32. The zero-order chi connectivity index (χ0) is 16.9. The van der Waals surface area contributed by atoms with Crippen LogP contribution >= 0.6 is 34.4 Å². The lowest BCUT2D eigenvalue weighted by Gasteiger charge is -2.07. The monoisotopic (exact) mass is 376 g/mol. The molecule has 1 aromatic carbocycles. The SMILES string of the molecule is CC(C)c1nnc(NC(=O)c2ccccc2SCc2cscn2)s1. The molecule has 1 N–H and O–H groups in total. The maximum atomic E-state index is 12.6. The summed E-state index contributed by atoms with van der Waals surface area (Å²) in [4.78, 5) is 17.8. The van der Waals surface area contributed by atoms with Crippen molar-refractivity contribution in [3.63, 3.8) is 0 Å². The average Bonchev–Trinajstić information content (AvgIpc) is 3.25. The van der Waals surface area contributed by atoms with Gasteiger partial charge in [0.2, 0.25) is 5.13 Å². The van der Waals surface area contributed by atoms with Crippen LogP contribution in [0.4, 0.5) is 5.13 Å². The van der Waals surface area contributed by atoms with Crippen molar-refractivity contribution >= 4 is 45.5 Å². The zero-order valence-corrected chi connectivity index (χ0v) is 15.7. The van der Waals surface area contributed by atoms with E-state index in [1.165, 1.54) is 11.3 Å². The predicted molar refractivity (Wildman–Crippen MR) is 100 cm³/mol. The Balaban J connectivity index is 1.71. The van der Waals surface area contributed by atoms with Crippen molar-refractivity contribution in [3.05, 3.63) is 51.4 Å². The number of hydrogen-bond acceptors (Lipinski definition) is 7. The second kappa shape index (κ2) is 7.87. The molecule has 0 fully saturated rings. The van der Waals surface area contributed by atoms with Gasteiger partial charge in [-0.1, -0.05) is 37.3 Å². The van der Waals surface area contributed by atoms with Gasteiger partial charge in [0.15, 0.2) is 0 Å². The van der Waals surface area contributed by atoms with Gasteiger partial charge < -0.3 is 0 Å². The predicted octanol–water partition coefficient (Wildman–Crippen LogP) is 4.66. The van der Waals surface area contributed by atoms with E-state index in [1.807, 2.05) is 35.2 Å². The van der Waals surface area contributed by atoms with Crippen molar-refractivity contribution in [1.82, 2.24) is 15.2 Å². The molecule has 0 atom stereocenters. The molecule has 2 aromatic heterocycles. The van der Waals surface area contributed by atoms with Gasteiger partial charge in [-0.3, -0.25) is 10.1 Å². The Morgan fingerprint density at radius 2 is 2.12 bits per heavy atom. The van der Waals surface area contributed by atoms with Gasteiger partial charge in [0.1, 0.15) is 5.01 Å². The number of anilines is 1. The number of carbonyl (C=O) groups excluding carboxylic acids is 1. The lowest BCUT2D eigenvalue weighted by atomic mass is 10.2. The summed E-state index contributed by atoms with van der Waals surface area (Å²) >= 11 is 4.59. The summed E-state index contributed by atoms with van der Waals surface area (Å²) in [6.45, 7) is 4.10. The fraction of sp³-hybridized carbons (Fsp3) is 0.250. The van der Waals surface area contributed by atoms with Crippen molar-refractivity contribution in [1.29, 1.82) is 0 Å². The molecule has 0 aliphatic rings. The summed E-state index contributed by atoms with van der Waals surface area (Å²) in [6.07, 6.45) is 0. The van der Waals surface area contributed by atoms with Crippen LogP contribution in [0.1, 0.15) is 40.8 Å². The van der Waals surface area contributed by atoms with Crippen molar-refractivity contribution in [2.75, 3.05) is 5.32 Å². The highest BCUT2D eigenvalue weighted by Gasteiger charge is 2.15. The first-order valence-electron chi connectivity index (χ1n) is 7.37. The number of hydrogen-bond donors (Lipinski definition) is 1. The summed E-state index contributed by atoms with van der Waals surface area (Å²) in [5, 5.41) is 14.4. The van der Waals surface area contributed by atoms with Crippen molar-refractivity contribution in [3.8, 4) is 0 Å². The van der Waals surface area contributed by atoms with Crippen LogP contribution in [0.2, 0.25) is 0 Å². The molecule has 0 saturated carbocycles. The molecule has 0 spiro atoms. The normalized spacial score (nSPS) is 11.0. The average molecular weight is 377 g/mol. The first kappa shape index (κ1) is 17.1. The van der Waals surface area contributed by atoms with Gasteiger partial charge in [-0.05, 0) is 12.1 Å². The lowest BCUT2D eigenvalue weighted by molar-refractivity contribution is 0.102. The summed E-state index contributed by atoms with van der Waals surface area (Å²) < 4.78 is 0. The topological polar surface area (TPSA) is 67.8 Å². The highest BCUT2D eigenvalue weighted by atomic mass is 32.2. The van der Waals surface area contributed by atoms with Crippen molar-refractivity contribution in [2.45, 2.75) is 30.4 Å². The number of nitrogens with zero attached hydrogens (tertiary/aromatic N) is 3. The van der Waals surface area contributed by atoms with Gasteiger partial charge in [0.25, 0.3) is 5.91 Å². The van der Waals surface area contributed by atoms with Crippen LogP contribution in [0.25, 0.3) is 0 Å². The number of amides is 1. The molecular weight excluding hydrogens is 360 g/mol. The number of thiazole rings is 1. The number of benzene rings is 1. The van der Waals surface area contributed by atoms with Crippen LogP contribution in [-0.4, -0.2) is 21.1 Å². The van der Waals surface area contributed by atoms with Gasteiger partial charge in [-0.25, -0.2) is 4.98 Å². The van der Waals surface area contributed by atoms with E-state index in [1.54, 1.807) is 23.1 Å². The first-order valence-corrected chi connectivity index (χ1v) is 10.1. The molecule has 8 heteroatoms. The quantitative estimate of drug-likeness (QED) is 0.634. The van der Waals surface area contributed by atoms with Crippen molar-refractivity contribution in [2.24, 2.45) is 0 Å². The summed E-state index contributed by atoms with van der Waals surface area (Å²) in [5.74, 6) is 0.876. The number of aromatic nitrogens is 3. The molecule has 2 heterocycles. The second-order valence-corrected chi connectivity index (χ2v) is 8.06. The fourth-order valence-electron chi connectivity index (χ4n) is 1.92. The van der Waals surface area contributed by atoms with Gasteiger partial charge in [0, 0.05) is 21.9 Å². The van der Waals surface area contributed by atoms with E-state index in [4.69, 9.17) is 0 Å². The van der Waals surface area contributed by atoms with Crippen LogP contribution in [0.5, 0.6) is 0 Å². The Hall–Kier alpha value is -1.77. The van der Waals surface area contributed by atoms with E-state index in [0.29, 0.717) is 16.6 Å². The molecular formula is C16H16N4OS3. The van der Waals surface area contributed by atoms with E-state index >= 15 is 0 Å². The van der Waals surface area contributed by atoms with Gasteiger partial charge in [0.05, 0.1) is 16.8 Å². The molecule has 0 unspecified atom stereocenters. The van der Waals surface area contributed by atoms with Crippen LogP contribution in [0.15, 0.2) is 40.1 Å². The number of rotatable bonds is 6. The maximum Gasteiger partial charge on any atom is 0.258 e. The van der Waals surface area contributed by atoms with Gasteiger partial charge >= 0.3 is 0 Å². The summed E-state index contributed by atoms with van der Waals surface area (Å²) in [5.41, 5.74) is 3.47. The molecule has 3 rings (SSSR count). The zero-order valence-electron chi connectivity index (χ0n) is 13.2. The van der Waals surface area contributed by atoms with E-state index in [-0.39, 0.29) is 5.91 Å². The Morgan fingerprint density at radius 1 is 1.29 bits per heavy atom. The third-order valence-electron chi connectivity index (χ3n) is 3.15. The number of carbonyl (C=O) groups is 1. The van der Waals surface area contributed by atoms with Crippen LogP contribution in [0.3, 0.4) is 0 Å².